The smallest absolute Gasteiger partial charge is 0.312 e. The summed E-state index contributed by atoms with van der Waals surface area (Å²) in [6.45, 7) is 2.95. The molecule has 1 aliphatic heterocycles. The summed E-state index contributed by atoms with van der Waals surface area (Å²) >= 11 is 1.47. The first-order chi connectivity index (χ1) is 12.1. The van der Waals surface area contributed by atoms with E-state index in [2.05, 4.69) is 10.2 Å². The van der Waals surface area contributed by atoms with E-state index in [0.717, 1.165) is 34.8 Å². The Balaban J connectivity index is 1.48. The molecule has 7 heteroatoms. The van der Waals surface area contributed by atoms with E-state index < -0.39 is 5.91 Å². The molecule has 0 bridgehead atoms. The maximum atomic E-state index is 12.6. The zero-order valence-electron chi connectivity index (χ0n) is 14.1. The predicted molar refractivity (Wildman–Crippen MR) is 94.7 cm³/mol. The van der Waals surface area contributed by atoms with E-state index in [-0.39, 0.29) is 18.0 Å². The first kappa shape index (κ1) is 16.2. The van der Waals surface area contributed by atoms with Gasteiger partial charge in [0.25, 0.3) is 0 Å². The minimum Gasteiger partial charge on any atom is -0.329 e. The van der Waals surface area contributed by atoms with E-state index >= 15 is 0 Å². The van der Waals surface area contributed by atoms with Crippen LogP contribution >= 0.6 is 11.3 Å². The molecule has 4 rings (SSSR count). The van der Waals surface area contributed by atoms with Crippen molar-refractivity contribution in [3.05, 3.63) is 35.3 Å². The summed E-state index contributed by atoms with van der Waals surface area (Å²) < 4.78 is 0. The molecule has 1 saturated carbocycles. The fourth-order valence-electron chi connectivity index (χ4n) is 3.31. The standard InChI is InChI=1S/C18H20N4O2S/c1-12-10-22(14-8-5-9-14)18(24)17(23)21(12)11-15-19-20-16(25-15)13-6-3-2-4-7-13/h2-4,6-7,12,14H,5,8-11H2,1H3/t12-/m1/s1. The van der Waals surface area contributed by atoms with Crippen molar-refractivity contribution in [1.82, 2.24) is 20.0 Å². The van der Waals surface area contributed by atoms with Gasteiger partial charge in [0.1, 0.15) is 10.0 Å². The van der Waals surface area contributed by atoms with E-state index in [9.17, 15) is 9.59 Å². The number of nitrogens with zero attached hydrogens (tertiary/aromatic N) is 4. The van der Waals surface area contributed by atoms with Gasteiger partial charge in [0, 0.05) is 24.2 Å². The van der Waals surface area contributed by atoms with Gasteiger partial charge < -0.3 is 9.80 Å². The Morgan fingerprint density at radius 1 is 1.12 bits per heavy atom. The van der Waals surface area contributed by atoms with Crippen LogP contribution in [0.1, 0.15) is 31.2 Å². The number of rotatable bonds is 4. The molecule has 1 aliphatic carbocycles. The van der Waals surface area contributed by atoms with Gasteiger partial charge in [0.2, 0.25) is 0 Å². The molecule has 25 heavy (non-hydrogen) atoms. The molecule has 2 fully saturated rings. The van der Waals surface area contributed by atoms with Gasteiger partial charge in [-0.2, -0.15) is 0 Å². The third-order valence-electron chi connectivity index (χ3n) is 5.01. The summed E-state index contributed by atoms with van der Waals surface area (Å²) in [5.41, 5.74) is 1.01. The third kappa shape index (κ3) is 3.04. The van der Waals surface area contributed by atoms with Gasteiger partial charge in [-0.05, 0) is 26.2 Å². The molecule has 2 heterocycles. The fourth-order valence-corrected chi connectivity index (χ4v) is 4.16. The number of hydrogen-bond acceptors (Lipinski definition) is 5. The van der Waals surface area contributed by atoms with Crippen molar-refractivity contribution in [2.45, 2.75) is 44.8 Å². The molecule has 0 spiro atoms. The molecule has 1 atom stereocenters. The van der Waals surface area contributed by atoms with Crippen molar-refractivity contribution in [1.29, 1.82) is 0 Å². The van der Waals surface area contributed by atoms with Crippen LogP contribution in [-0.2, 0) is 16.1 Å². The number of carbonyl (C=O) groups is 2. The second-order valence-corrected chi connectivity index (χ2v) is 7.75. The predicted octanol–water partition coefficient (Wildman–Crippen LogP) is 2.32. The van der Waals surface area contributed by atoms with Crippen LogP contribution in [0, 0.1) is 0 Å². The molecule has 1 aromatic carbocycles. The molecule has 2 aromatic rings. The lowest BCUT2D eigenvalue weighted by atomic mass is 9.90. The first-order valence-electron chi connectivity index (χ1n) is 8.63. The van der Waals surface area contributed by atoms with Gasteiger partial charge in [0.15, 0.2) is 0 Å². The zero-order chi connectivity index (χ0) is 17.4. The van der Waals surface area contributed by atoms with Gasteiger partial charge >= 0.3 is 11.8 Å². The SMILES string of the molecule is C[C@@H]1CN(C2CCC2)C(=O)C(=O)N1Cc1nnc(-c2ccccc2)s1. The molecule has 1 aromatic heterocycles. The average Bonchev–Trinajstić information content (AvgIpc) is 3.04. The normalized spacial score (nSPS) is 21.6. The van der Waals surface area contributed by atoms with E-state index in [1.807, 2.05) is 37.3 Å². The van der Waals surface area contributed by atoms with E-state index in [4.69, 9.17) is 0 Å². The number of carbonyl (C=O) groups excluding carboxylic acids is 2. The maximum Gasteiger partial charge on any atom is 0.312 e. The highest BCUT2D eigenvalue weighted by Gasteiger charge is 2.41. The highest BCUT2D eigenvalue weighted by Crippen LogP contribution is 2.29. The second kappa shape index (κ2) is 6.55. The lowest BCUT2D eigenvalue weighted by molar-refractivity contribution is -0.162. The monoisotopic (exact) mass is 356 g/mol. The van der Waals surface area contributed by atoms with Crippen LogP contribution in [0.15, 0.2) is 30.3 Å². The van der Waals surface area contributed by atoms with Crippen LogP contribution < -0.4 is 0 Å². The summed E-state index contributed by atoms with van der Waals surface area (Å²) in [5.74, 6) is -0.780. The second-order valence-electron chi connectivity index (χ2n) is 6.69. The van der Waals surface area contributed by atoms with Crippen LogP contribution in [0.25, 0.3) is 10.6 Å². The Morgan fingerprint density at radius 3 is 2.56 bits per heavy atom. The third-order valence-corrected chi connectivity index (χ3v) is 5.96. The fraction of sp³-hybridized carbons (Fsp3) is 0.444. The van der Waals surface area contributed by atoms with Gasteiger partial charge in [-0.25, -0.2) is 0 Å². The Labute approximate surface area is 150 Å². The van der Waals surface area contributed by atoms with Crippen molar-refractivity contribution in [2.75, 3.05) is 6.54 Å². The van der Waals surface area contributed by atoms with Gasteiger partial charge in [-0.3, -0.25) is 9.59 Å². The maximum absolute atomic E-state index is 12.6. The van der Waals surface area contributed by atoms with Crippen molar-refractivity contribution in [2.24, 2.45) is 0 Å². The molecular formula is C18H20N4O2S. The summed E-state index contributed by atoms with van der Waals surface area (Å²) in [6.07, 6.45) is 3.18. The Bertz CT molecular complexity index is 787. The summed E-state index contributed by atoms with van der Waals surface area (Å²) in [5, 5.41) is 10.0. The topological polar surface area (TPSA) is 66.4 Å². The molecule has 1 saturated heterocycles. The Kier molecular flexibility index (Phi) is 4.25. The molecule has 0 N–H and O–H groups in total. The van der Waals surface area contributed by atoms with Crippen molar-refractivity contribution in [3.63, 3.8) is 0 Å². The number of aromatic nitrogens is 2. The summed E-state index contributed by atoms with van der Waals surface area (Å²) in [7, 11) is 0. The van der Waals surface area contributed by atoms with E-state index in [1.54, 1.807) is 9.80 Å². The highest BCUT2D eigenvalue weighted by atomic mass is 32.1. The van der Waals surface area contributed by atoms with Crippen LogP contribution in [0.3, 0.4) is 0 Å². The number of piperazine rings is 1. The van der Waals surface area contributed by atoms with Gasteiger partial charge in [0.05, 0.1) is 6.54 Å². The van der Waals surface area contributed by atoms with Crippen molar-refractivity contribution < 1.29 is 9.59 Å². The van der Waals surface area contributed by atoms with Crippen molar-refractivity contribution in [3.8, 4) is 10.6 Å². The van der Waals surface area contributed by atoms with Crippen LogP contribution in [-0.4, -0.2) is 50.4 Å². The van der Waals surface area contributed by atoms with Crippen LogP contribution in [0.2, 0.25) is 0 Å². The van der Waals surface area contributed by atoms with E-state index in [0.29, 0.717) is 13.1 Å². The molecule has 6 nitrogen and oxygen atoms in total. The first-order valence-corrected chi connectivity index (χ1v) is 9.44. The van der Waals surface area contributed by atoms with Crippen LogP contribution in [0.5, 0.6) is 0 Å². The molecule has 2 amide bonds. The van der Waals surface area contributed by atoms with Gasteiger partial charge in [-0.1, -0.05) is 41.7 Å². The largest absolute Gasteiger partial charge is 0.329 e. The zero-order valence-corrected chi connectivity index (χ0v) is 14.9. The Morgan fingerprint density at radius 2 is 1.88 bits per heavy atom. The molecular weight excluding hydrogens is 336 g/mol. The van der Waals surface area contributed by atoms with Crippen LogP contribution in [0.4, 0.5) is 0 Å². The van der Waals surface area contributed by atoms with Crippen molar-refractivity contribution >= 4 is 23.2 Å². The molecule has 0 unspecified atom stereocenters. The highest BCUT2D eigenvalue weighted by molar-refractivity contribution is 7.14. The minimum atomic E-state index is -0.415. The molecule has 0 radical (unpaired) electrons. The van der Waals surface area contributed by atoms with E-state index in [1.165, 1.54) is 11.3 Å². The number of amides is 2. The average molecular weight is 356 g/mol. The minimum absolute atomic E-state index is 0.00475. The molecule has 2 aliphatic rings. The lowest BCUT2D eigenvalue weighted by Crippen LogP contribution is -2.61. The summed E-state index contributed by atoms with van der Waals surface area (Å²) in [6, 6.07) is 10.1. The quantitative estimate of drug-likeness (QED) is 0.789. The summed E-state index contributed by atoms with van der Waals surface area (Å²) in [4.78, 5) is 28.4. The van der Waals surface area contributed by atoms with Gasteiger partial charge in [-0.15, -0.1) is 10.2 Å². The Hall–Kier alpha value is -2.28. The molecule has 130 valence electrons. The lowest BCUT2D eigenvalue weighted by Gasteiger charge is -2.44. The number of hydrogen-bond donors (Lipinski definition) is 0. The number of benzene rings is 1.